The van der Waals surface area contributed by atoms with Crippen molar-refractivity contribution in [1.82, 2.24) is 4.90 Å². The van der Waals surface area contributed by atoms with Crippen LogP contribution in [0, 0.1) is 6.92 Å². The van der Waals surface area contributed by atoms with Gasteiger partial charge in [0, 0.05) is 19.3 Å². The van der Waals surface area contributed by atoms with E-state index in [0.29, 0.717) is 6.54 Å². The molecule has 0 aromatic heterocycles. The van der Waals surface area contributed by atoms with Crippen molar-refractivity contribution in [2.45, 2.75) is 13.5 Å². The molecule has 1 aliphatic rings. The Bertz CT molecular complexity index is 710. The van der Waals surface area contributed by atoms with E-state index in [9.17, 15) is 4.79 Å². The average Bonchev–Trinajstić information content (AvgIpc) is 2.48. The first-order chi connectivity index (χ1) is 10.1. The van der Waals surface area contributed by atoms with Crippen molar-refractivity contribution in [2.24, 2.45) is 0 Å². The normalized spacial score (nSPS) is 13.7. The number of nitrogens with one attached hydrogen (secondary N) is 1. The molecule has 4 nitrogen and oxygen atoms in total. The fourth-order valence-corrected chi connectivity index (χ4v) is 2.64. The second-order valence-electron chi connectivity index (χ2n) is 5.34. The van der Waals surface area contributed by atoms with Crippen molar-refractivity contribution < 1.29 is 9.53 Å². The number of anilines is 1. The van der Waals surface area contributed by atoms with Gasteiger partial charge in [0.1, 0.15) is 5.75 Å². The molecule has 0 bridgehead atoms. The summed E-state index contributed by atoms with van der Waals surface area (Å²) in [6.07, 6.45) is 0. The van der Waals surface area contributed by atoms with Crippen LogP contribution in [0.1, 0.15) is 11.1 Å². The molecule has 1 N–H and O–H groups in total. The van der Waals surface area contributed by atoms with Crippen LogP contribution in [0.25, 0.3) is 11.1 Å². The Morgan fingerprint density at radius 1 is 1.19 bits per heavy atom. The van der Waals surface area contributed by atoms with E-state index in [4.69, 9.17) is 4.74 Å². The molecule has 108 valence electrons. The quantitative estimate of drug-likeness (QED) is 0.913. The summed E-state index contributed by atoms with van der Waals surface area (Å²) in [5.41, 5.74) is 5.52. The van der Waals surface area contributed by atoms with Gasteiger partial charge in [-0.25, -0.2) is 4.79 Å². The van der Waals surface area contributed by atoms with Crippen molar-refractivity contribution in [2.75, 3.05) is 19.5 Å². The minimum absolute atomic E-state index is 0.0594. The summed E-state index contributed by atoms with van der Waals surface area (Å²) < 4.78 is 5.25. The van der Waals surface area contributed by atoms with Gasteiger partial charge in [-0.1, -0.05) is 12.1 Å². The van der Waals surface area contributed by atoms with Crippen molar-refractivity contribution in [1.29, 1.82) is 0 Å². The maximum Gasteiger partial charge on any atom is 0.321 e. The molecular weight excluding hydrogens is 264 g/mol. The number of aryl methyl sites for hydroxylation is 1. The highest BCUT2D eigenvalue weighted by Crippen LogP contribution is 2.31. The first kappa shape index (κ1) is 13.5. The van der Waals surface area contributed by atoms with Crippen molar-refractivity contribution >= 4 is 11.7 Å². The van der Waals surface area contributed by atoms with Crippen LogP contribution in [0.2, 0.25) is 0 Å². The fourth-order valence-electron chi connectivity index (χ4n) is 2.64. The average molecular weight is 282 g/mol. The fraction of sp³-hybridized carbons (Fsp3) is 0.235. The lowest BCUT2D eigenvalue weighted by Gasteiger charge is -2.26. The summed E-state index contributed by atoms with van der Waals surface area (Å²) in [5, 5.41) is 2.89. The highest BCUT2D eigenvalue weighted by Gasteiger charge is 2.19. The number of carbonyl (C=O) groups is 1. The van der Waals surface area contributed by atoms with Gasteiger partial charge in [-0.2, -0.15) is 0 Å². The van der Waals surface area contributed by atoms with E-state index in [0.717, 1.165) is 22.6 Å². The Balaban J connectivity index is 2.01. The number of nitrogens with zero attached hydrogens (tertiary/aromatic N) is 1. The van der Waals surface area contributed by atoms with Crippen LogP contribution in [-0.4, -0.2) is 25.1 Å². The number of fused-ring (bicyclic) bond motifs is 1. The van der Waals surface area contributed by atoms with Crippen LogP contribution >= 0.6 is 0 Å². The van der Waals surface area contributed by atoms with Gasteiger partial charge in [-0.3, -0.25) is 0 Å². The SMILES string of the molecule is COc1ccc(-c2ccc3c(c2)CN(C)C(=O)N3)c(C)c1. The molecule has 2 aromatic carbocycles. The Morgan fingerprint density at radius 3 is 2.71 bits per heavy atom. The summed E-state index contributed by atoms with van der Waals surface area (Å²) in [5.74, 6) is 0.862. The Labute approximate surface area is 124 Å². The topological polar surface area (TPSA) is 41.6 Å². The molecule has 0 saturated heterocycles. The third-order valence-corrected chi connectivity index (χ3v) is 3.85. The number of urea groups is 1. The molecule has 0 spiro atoms. The van der Waals surface area contributed by atoms with Crippen LogP contribution in [0.15, 0.2) is 36.4 Å². The number of rotatable bonds is 2. The summed E-state index contributed by atoms with van der Waals surface area (Å²) >= 11 is 0. The maximum absolute atomic E-state index is 11.6. The van der Waals surface area contributed by atoms with Gasteiger partial charge >= 0.3 is 6.03 Å². The molecule has 0 radical (unpaired) electrons. The van der Waals surface area contributed by atoms with Gasteiger partial charge in [0.25, 0.3) is 0 Å². The van der Waals surface area contributed by atoms with Crippen LogP contribution in [0.3, 0.4) is 0 Å². The molecular formula is C17H18N2O2. The van der Waals surface area contributed by atoms with Gasteiger partial charge in [-0.05, 0) is 53.4 Å². The molecule has 0 unspecified atom stereocenters. The Morgan fingerprint density at radius 2 is 2.00 bits per heavy atom. The molecule has 2 amide bonds. The van der Waals surface area contributed by atoms with E-state index in [2.05, 4.69) is 24.4 Å². The lowest BCUT2D eigenvalue weighted by Crippen LogP contribution is -2.35. The highest BCUT2D eigenvalue weighted by atomic mass is 16.5. The lowest BCUT2D eigenvalue weighted by molar-refractivity contribution is 0.218. The molecule has 2 aromatic rings. The molecule has 1 heterocycles. The van der Waals surface area contributed by atoms with Gasteiger partial charge in [0.2, 0.25) is 0 Å². The molecule has 0 fully saturated rings. The monoisotopic (exact) mass is 282 g/mol. The zero-order chi connectivity index (χ0) is 15.0. The van der Waals surface area contributed by atoms with E-state index < -0.39 is 0 Å². The zero-order valence-electron chi connectivity index (χ0n) is 12.4. The van der Waals surface area contributed by atoms with Gasteiger partial charge in [-0.15, -0.1) is 0 Å². The second-order valence-corrected chi connectivity index (χ2v) is 5.34. The van der Waals surface area contributed by atoms with Crippen molar-refractivity contribution in [3.8, 4) is 16.9 Å². The lowest BCUT2D eigenvalue weighted by atomic mass is 9.97. The number of benzene rings is 2. The van der Waals surface area contributed by atoms with Crippen LogP contribution < -0.4 is 10.1 Å². The minimum Gasteiger partial charge on any atom is -0.497 e. The Kier molecular flexibility index (Phi) is 3.29. The number of carbonyl (C=O) groups excluding carboxylic acids is 1. The number of methoxy groups -OCH3 is 1. The minimum atomic E-state index is -0.0594. The van der Waals surface area contributed by atoms with E-state index in [1.165, 1.54) is 11.1 Å². The predicted molar refractivity (Wildman–Crippen MR) is 83.7 cm³/mol. The summed E-state index contributed by atoms with van der Waals surface area (Å²) in [6, 6.07) is 12.2. The summed E-state index contributed by atoms with van der Waals surface area (Å²) in [6.45, 7) is 2.70. The van der Waals surface area contributed by atoms with Gasteiger partial charge in [0.05, 0.1) is 7.11 Å². The zero-order valence-corrected chi connectivity index (χ0v) is 12.4. The number of amides is 2. The molecule has 3 rings (SSSR count). The van der Waals surface area contributed by atoms with E-state index >= 15 is 0 Å². The largest absolute Gasteiger partial charge is 0.497 e. The predicted octanol–water partition coefficient (Wildman–Crippen LogP) is 3.65. The third-order valence-electron chi connectivity index (χ3n) is 3.85. The second kappa shape index (κ2) is 5.13. The number of hydrogen-bond acceptors (Lipinski definition) is 2. The Hall–Kier alpha value is -2.49. The number of ether oxygens (including phenoxy) is 1. The van der Waals surface area contributed by atoms with Gasteiger partial charge in [0.15, 0.2) is 0 Å². The van der Waals surface area contributed by atoms with Gasteiger partial charge < -0.3 is 15.0 Å². The van der Waals surface area contributed by atoms with E-state index in [1.807, 2.05) is 24.3 Å². The standard InChI is InChI=1S/C17H18N2O2/c1-11-8-14(21-3)5-6-15(11)12-4-7-16-13(9-12)10-19(2)17(20)18-16/h4-9H,10H2,1-3H3,(H,18,20). The summed E-state index contributed by atoms with van der Waals surface area (Å²) in [7, 11) is 3.47. The summed E-state index contributed by atoms with van der Waals surface area (Å²) in [4.78, 5) is 13.3. The van der Waals surface area contributed by atoms with Crippen LogP contribution in [-0.2, 0) is 6.54 Å². The van der Waals surface area contributed by atoms with Crippen molar-refractivity contribution in [3.05, 3.63) is 47.5 Å². The molecule has 1 aliphatic heterocycles. The molecule has 0 atom stereocenters. The van der Waals surface area contributed by atoms with Crippen LogP contribution in [0.4, 0.5) is 10.5 Å². The first-order valence-electron chi connectivity index (χ1n) is 6.88. The first-order valence-corrected chi connectivity index (χ1v) is 6.88. The van der Waals surface area contributed by atoms with Crippen molar-refractivity contribution in [3.63, 3.8) is 0 Å². The van der Waals surface area contributed by atoms with E-state index in [-0.39, 0.29) is 6.03 Å². The molecule has 21 heavy (non-hydrogen) atoms. The smallest absolute Gasteiger partial charge is 0.321 e. The van der Waals surface area contributed by atoms with Crippen LogP contribution in [0.5, 0.6) is 5.75 Å². The molecule has 0 saturated carbocycles. The highest BCUT2D eigenvalue weighted by molar-refractivity contribution is 5.92. The number of hydrogen-bond donors (Lipinski definition) is 1. The molecule has 0 aliphatic carbocycles. The third kappa shape index (κ3) is 2.44. The molecule has 4 heteroatoms. The van der Waals surface area contributed by atoms with E-state index in [1.54, 1.807) is 19.1 Å². The maximum atomic E-state index is 11.6.